The molecule has 1 aromatic rings. The van der Waals surface area contributed by atoms with Crippen LogP contribution in [0.1, 0.15) is 51.5 Å². The van der Waals surface area contributed by atoms with Crippen molar-refractivity contribution in [2.24, 2.45) is 5.92 Å². The third-order valence-electron chi connectivity index (χ3n) is 5.70. The number of carbonyl (C=O) groups is 4. The minimum Gasteiger partial charge on any atom is -0.452 e. The van der Waals surface area contributed by atoms with Crippen LogP contribution in [-0.4, -0.2) is 42.5 Å². The molecule has 8 nitrogen and oxygen atoms in total. The zero-order valence-corrected chi connectivity index (χ0v) is 17.5. The van der Waals surface area contributed by atoms with Gasteiger partial charge in [-0.3, -0.25) is 19.7 Å². The number of hydrogen-bond acceptors (Lipinski definition) is 5. The fraction of sp³-hybridized carbons (Fsp3) is 0.545. The van der Waals surface area contributed by atoms with Crippen LogP contribution in [0.5, 0.6) is 0 Å². The topological polar surface area (TPSA) is 105 Å². The largest absolute Gasteiger partial charge is 0.452 e. The summed E-state index contributed by atoms with van der Waals surface area (Å²) < 4.78 is 5.23. The Balaban J connectivity index is 1.49. The normalized spacial score (nSPS) is 20.1. The summed E-state index contributed by atoms with van der Waals surface area (Å²) in [5, 5.41) is 4.96. The molecule has 0 bridgehead atoms. The minimum absolute atomic E-state index is 0.0326. The van der Waals surface area contributed by atoms with E-state index >= 15 is 0 Å². The fourth-order valence-corrected chi connectivity index (χ4v) is 3.86. The van der Waals surface area contributed by atoms with Crippen molar-refractivity contribution in [3.8, 4) is 0 Å². The quantitative estimate of drug-likeness (QED) is 0.694. The molecule has 3 rings (SSSR count). The van der Waals surface area contributed by atoms with Crippen molar-refractivity contribution in [3.05, 3.63) is 29.8 Å². The van der Waals surface area contributed by atoms with Gasteiger partial charge in [-0.15, -0.1) is 0 Å². The van der Waals surface area contributed by atoms with Crippen LogP contribution in [0.15, 0.2) is 24.3 Å². The number of rotatable bonds is 6. The Hall–Kier alpha value is -2.90. The molecule has 0 radical (unpaired) electrons. The first kappa shape index (κ1) is 21.8. The van der Waals surface area contributed by atoms with Crippen LogP contribution in [0.4, 0.5) is 10.5 Å². The van der Waals surface area contributed by atoms with Crippen molar-refractivity contribution in [1.29, 1.82) is 0 Å². The van der Waals surface area contributed by atoms with Crippen molar-refractivity contribution in [3.63, 3.8) is 0 Å². The van der Waals surface area contributed by atoms with E-state index in [1.165, 1.54) is 6.92 Å². The number of hydrogen-bond donors (Lipinski definition) is 2. The van der Waals surface area contributed by atoms with Crippen molar-refractivity contribution in [1.82, 2.24) is 10.6 Å². The molecule has 1 aliphatic heterocycles. The van der Waals surface area contributed by atoms with Crippen LogP contribution in [0.3, 0.4) is 0 Å². The zero-order chi connectivity index (χ0) is 21.7. The highest BCUT2D eigenvalue weighted by Gasteiger charge is 2.37. The highest BCUT2D eigenvalue weighted by atomic mass is 16.5. The first-order chi connectivity index (χ1) is 14.4. The van der Waals surface area contributed by atoms with Crippen molar-refractivity contribution in [2.75, 3.05) is 11.4 Å². The second-order valence-electron chi connectivity index (χ2n) is 7.95. The van der Waals surface area contributed by atoms with Gasteiger partial charge in [0.15, 0.2) is 6.10 Å². The summed E-state index contributed by atoms with van der Waals surface area (Å²) in [6.45, 7) is 3.67. The van der Waals surface area contributed by atoms with E-state index in [1.54, 1.807) is 4.90 Å². The first-order valence-electron chi connectivity index (χ1n) is 10.6. The summed E-state index contributed by atoms with van der Waals surface area (Å²) >= 11 is 0. The maximum atomic E-state index is 12.5. The average Bonchev–Trinajstić information content (AvgIpc) is 3.37. The van der Waals surface area contributed by atoms with Gasteiger partial charge < -0.3 is 15.0 Å². The lowest BCUT2D eigenvalue weighted by molar-refractivity contribution is -0.158. The third kappa shape index (κ3) is 5.37. The number of imide groups is 1. The smallest absolute Gasteiger partial charge is 0.321 e. The van der Waals surface area contributed by atoms with Gasteiger partial charge in [0.25, 0.3) is 5.91 Å². The zero-order valence-electron chi connectivity index (χ0n) is 17.5. The van der Waals surface area contributed by atoms with E-state index in [4.69, 9.17) is 4.74 Å². The Morgan fingerprint density at radius 3 is 2.47 bits per heavy atom. The number of amides is 4. The second-order valence-corrected chi connectivity index (χ2v) is 7.95. The summed E-state index contributed by atoms with van der Waals surface area (Å²) in [4.78, 5) is 50.5. The van der Waals surface area contributed by atoms with Gasteiger partial charge >= 0.3 is 12.0 Å². The molecule has 2 aliphatic rings. The molecular weight excluding hydrogens is 386 g/mol. The molecule has 2 atom stereocenters. The number of carbonyl (C=O) groups excluding carboxylic acids is 4. The molecule has 162 valence electrons. The molecule has 0 unspecified atom stereocenters. The molecule has 1 heterocycles. The Labute approximate surface area is 176 Å². The number of nitrogens with one attached hydrogen (secondary N) is 2. The van der Waals surface area contributed by atoms with Crippen LogP contribution in [-0.2, 0) is 25.5 Å². The Morgan fingerprint density at radius 1 is 1.17 bits per heavy atom. The number of esters is 1. The number of aryl methyl sites for hydroxylation is 1. The standard InChI is InChI=1S/C22H29N3O5/c1-3-15-8-10-18(11-9-15)25-13-16(12-19(25)26)21(28)30-14(2)20(27)24-22(29)23-17-6-4-5-7-17/h8-11,14,16-17H,3-7,12-13H2,1-2H3,(H2,23,24,27,29)/t14-,16+/m1/s1. The van der Waals surface area contributed by atoms with E-state index in [-0.39, 0.29) is 24.9 Å². The number of urea groups is 1. The van der Waals surface area contributed by atoms with E-state index < -0.39 is 29.9 Å². The molecule has 2 N–H and O–H groups in total. The average molecular weight is 415 g/mol. The summed E-state index contributed by atoms with van der Waals surface area (Å²) in [6.07, 6.45) is 3.74. The molecule has 2 fully saturated rings. The van der Waals surface area contributed by atoms with E-state index in [2.05, 4.69) is 17.6 Å². The van der Waals surface area contributed by atoms with Gasteiger partial charge in [0, 0.05) is 24.7 Å². The Morgan fingerprint density at radius 2 is 1.83 bits per heavy atom. The lowest BCUT2D eigenvalue weighted by Gasteiger charge is -2.18. The number of benzene rings is 1. The van der Waals surface area contributed by atoms with E-state index in [1.807, 2.05) is 24.3 Å². The van der Waals surface area contributed by atoms with Crippen molar-refractivity contribution >= 4 is 29.5 Å². The summed E-state index contributed by atoms with van der Waals surface area (Å²) in [6, 6.07) is 7.15. The molecule has 8 heteroatoms. The van der Waals surface area contributed by atoms with E-state index in [0.717, 1.165) is 43.4 Å². The highest BCUT2D eigenvalue weighted by Crippen LogP contribution is 2.26. The maximum Gasteiger partial charge on any atom is 0.321 e. The van der Waals surface area contributed by atoms with Gasteiger partial charge in [0.1, 0.15) is 0 Å². The molecule has 0 aromatic heterocycles. The molecule has 1 saturated carbocycles. The van der Waals surface area contributed by atoms with Crippen molar-refractivity contribution in [2.45, 2.75) is 64.5 Å². The molecule has 0 spiro atoms. The summed E-state index contributed by atoms with van der Waals surface area (Å²) in [7, 11) is 0. The van der Waals surface area contributed by atoms with Crippen LogP contribution in [0.25, 0.3) is 0 Å². The molecule has 1 aliphatic carbocycles. The van der Waals surface area contributed by atoms with E-state index in [9.17, 15) is 19.2 Å². The number of ether oxygens (including phenoxy) is 1. The highest BCUT2D eigenvalue weighted by molar-refractivity contribution is 6.00. The van der Waals surface area contributed by atoms with Crippen LogP contribution >= 0.6 is 0 Å². The number of anilines is 1. The molecule has 30 heavy (non-hydrogen) atoms. The van der Waals surface area contributed by atoms with Crippen LogP contribution < -0.4 is 15.5 Å². The van der Waals surface area contributed by atoms with Crippen LogP contribution in [0, 0.1) is 5.92 Å². The maximum absolute atomic E-state index is 12.5. The summed E-state index contributed by atoms with van der Waals surface area (Å²) in [5.74, 6) is -2.11. The third-order valence-corrected chi connectivity index (χ3v) is 5.70. The van der Waals surface area contributed by atoms with Gasteiger partial charge in [-0.25, -0.2) is 4.79 Å². The van der Waals surface area contributed by atoms with Crippen LogP contribution in [0.2, 0.25) is 0 Å². The van der Waals surface area contributed by atoms with Crippen molar-refractivity contribution < 1.29 is 23.9 Å². The molecule has 1 saturated heterocycles. The predicted molar refractivity (Wildman–Crippen MR) is 111 cm³/mol. The fourth-order valence-electron chi connectivity index (χ4n) is 3.86. The molecule has 4 amide bonds. The van der Waals surface area contributed by atoms with Gasteiger partial charge in [-0.05, 0) is 43.9 Å². The molecule has 1 aromatic carbocycles. The molecular formula is C22H29N3O5. The Kier molecular flexibility index (Phi) is 7.07. The van der Waals surface area contributed by atoms with Gasteiger partial charge in [-0.2, -0.15) is 0 Å². The minimum atomic E-state index is -1.13. The van der Waals surface area contributed by atoms with E-state index in [0.29, 0.717) is 0 Å². The monoisotopic (exact) mass is 415 g/mol. The lowest BCUT2D eigenvalue weighted by atomic mass is 10.1. The number of nitrogens with zero attached hydrogens (tertiary/aromatic N) is 1. The first-order valence-corrected chi connectivity index (χ1v) is 10.6. The second kappa shape index (κ2) is 9.73. The Bertz CT molecular complexity index is 801. The summed E-state index contributed by atoms with van der Waals surface area (Å²) in [5.41, 5.74) is 1.90. The van der Waals surface area contributed by atoms with Gasteiger partial charge in [-0.1, -0.05) is 31.9 Å². The SMILES string of the molecule is CCc1ccc(N2C[C@@H](C(=O)O[C@H](C)C(=O)NC(=O)NC3CCCC3)CC2=O)cc1. The lowest BCUT2D eigenvalue weighted by Crippen LogP contribution is -2.47. The van der Waals surface area contributed by atoms with Gasteiger partial charge in [0.05, 0.1) is 5.92 Å². The predicted octanol–water partition coefficient (Wildman–Crippen LogP) is 2.30. The van der Waals surface area contributed by atoms with Gasteiger partial charge in [0.2, 0.25) is 5.91 Å².